The maximum atomic E-state index is 3.99. The van der Waals surface area contributed by atoms with Crippen LogP contribution in [0, 0.1) is 6.92 Å². The molecule has 0 fully saturated rings. The Morgan fingerprint density at radius 3 is 2.91 bits per heavy atom. The highest BCUT2D eigenvalue weighted by Crippen LogP contribution is 2.01. The number of aromatic nitrogens is 2. The van der Waals surface area contributed by atoms with Gasteiger partial charge in [0.2, 0.25) is 0 Å². The van der Waals surface area contributed by atoms with E-state index in [1.165, 1.54) is 0 Å². The molecule has 0 spiro atoms. The quantitative estimate of drug-likeness (QED) is 0.588. The van der Waals surface area contributed by atoms with Crippen LogP contribution in [0.1, 0.15) is 12.6 Å². The fourth-order valence-corrected chi connectivity index (χ4v) is 0.778. The van der Waals surface area contributed by atoms with Gasteiger partial charge >= 0.3 is 0 Å². The molecular formula is C9H12N2. The predicted octanol–water partition coefficient (Wildman–Crippen LogP) is 2.24. The van der Waals surface area contributed by atoms with Gasteiger partial charge in [0.05, 0.1) is 6.33 Å². The van der Waals surface area contributed by atoms with Crippen molar-refractivity contribution in [2.45, 2.75) is 13.8 Å². The molecule has 11 heavy (non-hydrogen) atoms. The highest BCUT2D eigenvalue weighted by Gasteiger charge is 1.90. The smallest absolute Gasteiger partial charge is 0.0989 e. The molecule has 0 amide bonds. The molecule has 1 aromatic heterocycles. The molecule has 0 N–H and O–H groups in total. The molecule has 1 rings (SSSR count). The van der Waals surface area contributed by atoms with Gasteiger partial charge in [-0.25, -0.2) is 4.98 Å². The third kappa shape index (κ3) is 1.80. The normalized spacial score (nSPS) is 11.6. The maximum absolute atomic E-state index is 3.99. The van der Waals surface area contributed by atoms with Gasteiger partial charge < -0.3 is 4.57 Å². The van der Waals surface area contributed by atoms with E-state index in [0.717, 1.165) is 11.3 Å². The van der Waals surface area contributed by atoms with Gasteiger partial charge in [-0.05, 0) is 19.4 Å². The third-order valence-electron chi connectivity index (χ3n) is 1.52. The predicted molar refractivity (Wildman–Crippen MR) is 47.1 cm³/mol. The van der Waals surface area contributed by atoms with Gasteiger partial charge in [0, 0.05) is 18.1 Å². The summed E-state index contributed by atoms with van der Waals surface area (Å²) in [5.74, 6) is 0. The second-order valence-electron chi connectivity index (χ2n) is 2.52. The standard InChI is InChI=1S/C9H12N2/c1-4-8(2)6-11-7-10-5-9(11)3/h4-7H,1H2,2-3H3/b8-6-. The van der Waals surface area contributed by atoms with E-state index in [4.69, 9.17) is 0 Å². The van der Waals surface area contributed by atoms with Crippen LogP contribution in [0.4, 0.5) is 0 Å². The first-order valence-corrected chi connectivity index (χ1v) is 3.53. The van der Waals surface area contributed by atoms with Crippen LogP contribution in [-0.4, -0.2) is 9.55 Å². The fraction of sp³-hybridized carbons (Fsp3) is 0.222. The van der Waals surface area contributed by atoms with Crippen LogP contribution >= 0.6 is 0 Å². The number of hydrogen-bond donors (Lipinski definition) is 0. The highest BCUT2D eigenvalue weighted by atomic mass is 15.0. The Balaban J connectivity index is 2.94. The summed E-state index contributed by atoms with van der Waals surface area (Å²) in [5, 5.41) is 0. The minimum Gasteiger partial charge on any atom is -0.310 e. The lowest BCUT2D eigenvalue weighted by molar-refractivity contribution is 1.07. The lowest BCUT2D eigenvalue weighted by Gasteiger charge is -1.96. The van der Waals surface area contributed by atoms with Gasteiger partial charge in [-0.3, -0.25) is 0 Å². The summed E-state index contributed by atoms with van der Waals surface area (Å²) in [5.41, 5.74) is 2.26. The molecule has 1 heterocycles. The molecular weight excluding hydrogens is 136 g/mol. The van der Waals surface area contributed by atoms with E-state index in [1.54, 1.807) is 6.33 Å². The van der Waals surface area contributed by atoms with E-state index in [1.807, 2.05) is 36.9 Å². The second-order valence-corrected chi connectivity index (χ2v) is 2.52. The van der Waals surface area contributed by atoms with E-state index in [9.17, 15) is 0 Å². The Kier molecular flexibility index (Phi) is 2.26. The average molecular weight is 148 g/mol. The summed E-state index contributed by atoms with van der Waals surface area (Å²) < 4.78 is 1.97. The Bertz CT molecular complexity index is 282. The summed E-state index contributed by atoms with van der Waals surface area (Å²) in [6.45, 7) is 7.69. The zero-order valence-electron chi connectivity index (χ0n) is 6.91. The molecule has 0 aliphatic rings. The van der Waals surface area contributed by atoms with Crippen molar-refractivity contribution in [2.75, 3.05) is 0 Å². The lowest BCUT2D eigenvalue weighted by Crippen LogP contribution is -1.86. The summed E-state index contributed by atoms with van der Waals surface area (Å²) in [4.78, 5) is 3.99. The van der Waals surface area contributed by atoms with Crippen LogP contribution in [0.5, 0.6) is 0 Å². The van der Waals surface area contributed by atoms with Gasteiger partial charge in [0.15, 0.2) is 0 Å². The van der Waals surface area contributed by atoms with Crippen LogP contribution in [0.3, 0.4) is 0 Å². The summed E-state index contributed by atoms with van der Waals surface area (Å²) in [6, 6.07) is 0. The zero-order valence-corrected chi connectivity index (χ0v) is 6.91. The van der Waals surface area contributed by atoms with Crippen molar-refractivity contribution in [3.05, 3.63) is 36.4 Å². The molecule has 2 heteroatoms. The third-order valence-corrected chi connectivity index (χ3v) is 1.52. The first-order valence-electron chi connectivity index (χ1n) is 3.53. The summed E-state index contributed by atoms with van der Waals surface area (Å²) in [7, 11) is 0. The second kappa shape index (κ2) is 3.19. The molecule has 0 saturated carbocycles. The fourth-order valence-electron chi connectivity index (χ4n) is 0.778. The number of rotatable bonds is 2. The Morgan fingerprint density at radius 1 is 1.73 bits per heavy atom. The zero-order chi connectivity index (χ0) is 8.27. The minimum atomic E-state index is 1.13. The Morgan fingerprint density at radius 2 is 2.45 bits per heavy atom. The molecule has 0 radical (unpaired) electrons. The van der Waals surface area contributed by atoms with Crippen LogP contribution < -0.4 is 0 Å². The highest BCUT2D eigenvalue weighted by molar-refractivity contribution is 5.36. The van der Waals surface area contributed by atoms with Crippen molar-refractivity contribution in [2.24, 2.45) is 0 Å². The minimum absolute atomic E-state index is 1.13. The van der Waals surface area contributed by atoms with E-state index >= 15 is 0 Å². The summed E-state index contributed by atoms with van der Waals surface area (Å²) >= 11 is 0. The van der Waals surface area contributed by atoms with Crippen molar-refractivity contribution in [1.82, 2.24) is 9.55 Å². The number of allylic oxidation sites excluding steroid dienone is 2. The number of nitrogens with zero attached hydrogens (tertiary/aromatic N) is 2. The molecule has 0 aliphatic carbocycles. The van der Waals surface area contributed by atoms with Gasteiger partial charge in [0.1, 0.15) is 0 Å². The molecule has 0 aromatic carbocycles. The number of aryl methyl sites for hydroxylation is 1. The number of imidazole rings is 1. The van der Waals surface area contributed by atoms with Gasteiger partial charge in [-0.15, -0.1) is 0 Å². The van der Waals surface area contributed by atoms with E-state index in [0.29, 0.717) is 0 Å². The van der Waals surface area contributed by atoms with Crippen molar-refractivity contribution >= 4 is 6.20 Å². The molecule has 58 valence electrons. The average Bonchev–Trinajstić information content (AvgIpc) is 2.37. The molecule has 1 aromatic rings. The molecule has 0 unspecified atom stereocenters. The van der Waals surface area contributed by atoms with Crippen molar-refractivity contribution < 1.29 is 0 Å². The van der Waals surface area contributed by atoms with E-state index in [-0.39, 0.29) is 0 Å². The van der Waals surface area contributed by atoms with Crippen molar-refractivity contribution in [1.29, 1.82) is 0 Å². The molecule has 0 saturated heterocycles. The van der Waals surface area contributed by atoms with Crippen LogP contribution in [0.2, 0.25) is 0 Å². The van der Waals surface area contributed by atoms with Crippen LogP contribution in [-0.2, 0) is 0 Å². The topological polar surface area (TPSA) is 17.8 Å². The monoisotopic (exact) mass is 148 g/mol. The summed E-state index contributed by atoms with van der Waals surface area (Å²) in [6.07, 6.45) is 7.42. The first-order chi connectivity index (χ1) is 5.24. The van der Waals surface area contributed by atoms with Crippen molar-refractivity contribution in [3.8, 4) is 0 Å². The maximum Gasteiger partial charge on any atom is 0.0989 e. The molecule has 0 bridgehead atoms. The first kappa shape index (κ1) is 7.79. The lowest BCUT2D eigenvalue weighted by atomic mass is 10.3. The Labute approximate surface area is 66.9 Å². The van der Waals surface area contributed by atoms with E-state index in [2.05, 4.69) is 11.6 Å². The van der Waals surface area contributed by atoms with Gasteiger partial charge in [-0.1, -0.05) is 12.7 Å². The van der Waals surface area contributed by atoms with Crippen LogP contribution in [0.15, 0.2) is 30.8 Å². The van der Waals surface area contributed by atoms with E-state index < -0.39 is 0 Å². The van der Waals surface area contributed by atoms with Crippen LogP contribution in [0.25, 0.3) is 6.20 Å². The molecule has 0 aliphatic heterocycles. The Hall–Kier alpha value is -1.31. The van der Waals surface area contributed by atoms with Crippen molar-refractivity contribution in [3.63, 3.8) is 0 Å². The SMILES string of the molecule is C=C/C(C)=C\n1cncc1C. The van der Waals surface area contributed by atoms with Gasteiger partial charge in [-0.2, -0.15) is 0 Å². The molecule has 0 atom stereocenters. The van der Waals surface area contributed by atoms with Gasteiger partial charge in [0.25, 0.3) is 0 Å². The largest absolute Gasteiger partial charge is 0.310 e. The number of hydrogen-bond acceptors (Lipinski definition) is 1. The molecule has 2 nitrogen and oxygen atoms in total.